The van der Waals surface area contributed by atoms with Crippen LogP contribution >= 0.6 is 0 Å². The number of amides is 1. The second-order valence-electron chi connectivity index (χ2n) is 5.01. The number of halogens is 1. The second kappa shape index (κ2) is 8.68. The van der Waals surface area contributed by atoms with Crippen LogP contribution in [-0.4, -0.2) is 25.0 Å². The molecule has 0 aliphatic carbocycles. The van der Waals surface area contributed by atoms with Gasteiger partial charge in [-0.05, 0) is 23.6 Å². The Balaban J connectivity index is 1.66. The molecule has 1 N–H and O–H groups in total. The molecule has 0 unspecified atom stereocenters. The summed E-state index contributed by atoms with van der Waals surface area (Å²) in [7, 11) is 0. The molecule has 0 radical (unpaired) electrons. The molecule has 0 saturated carbocycles. The minimum absolute atomic E-state index is 0.191. The molecule has 0 bridgehead atoms. The van der Waals surface area contributed by atoms with Crippen molar-refractivity contribution in [3.63, 3.8) is 0 Å². The molecule has 1 amide bonds. The van der Waals surface area contributed by atoms with Crippen LogP contribution in [0.15, 0.2) is 54.6 Å². The topological polar surface area (TPSA) is 55.4 Å². The van der Waals surface area contributed by atoms with Crippen LogP contribution in [0.4, 0.5) is 4.39 Å². The second-order valence-corrected chi connectivity index (χ2v) is 5.01. The number of hydrogen-bond acceptors (Lipinski definition) is 3. The monoisotopic (exact) mass is 315 g/mol. The highest BCUT2D eigenvalue weighted by atomic mass is 19.1. The number of carbonyl (C=O) groups excluding carboxylic acids is 2. The van der Waals surface area contributed by atoms with E-state index in [2.05, 4.69) is 5.32 Å². The van der Waals surface area contributed by atoms with Gasteiger partial charge in [0, 0.05) is 6.54 Å². The van der Waals surface area contributed by atoms with Gasteiger partial charge < -0.3 is 10.1 Å². The van der Waals surface area contributed by atoms with Crippen molar-refractivity contribution in [3.8, 4) is 0 Å². The van der Waals surface area contributed by atoms with E-state index in [0.29, 0.717) is 13.0 Å². The van der Waals surface area contributed by atoms with Crippen LogP contribution in [0.1, 0.15) is 11.1 Å². The number of benzene rings is 2. The van der Waals surface area contributed by atoms with Crippen LogP contribution < -0.4 is 5.32 Å². The molecule has 0 heterocycles. The fourth-order valence-electron chi connectivity index (χ4n) is 2.04. The lowest BCUT2D eigenvalue weighted by Crippen LogP contribution is -2.30. The maximum Gasteiger partial charge on any atom is 0.310 e. The number of ether oxygens (including phenoxy) is 1. The van der Waals surface area contributed by atoms with E-state index < -0.39 is 11.8 Å². The molecular formula is C18H18FNO3. The van der Waals surface area contributed by atoms with Gasteiger partial charge in [-0.25, -0.2) is 4.39 Å². The molecule has 0 fully saturated rings. The minimum atomic E-state index is -0.631. The maximum absolute atomic E-state index is 13.4. The SMILES string of the molecule is O=C(COC(=O)Cc1ccccc1F)NCCc1ccccc1. The average molecular weight is 315 g/mol. The fourth-order valence-corrected chi connectivity index (χ4v) is 2.04. The normalized spacial score (nSPS) is 10.1. The highest BCUT2D eigenvalue weighted by Gasteiger charge is 2.10. The molecule has 0 aromatic heterocycles. The summed E-state index contributed by atoms with van der Waals surface area (Å²) >= 11 is 0. The van der Waals surface area contributed by atoms with E-state index in [1.54, 1.807) is 12.1 Å². The maximum atomic E-state index is 13.4. The predicted molar refractivity (Wildman–Crippen MR) is 84.2 cm³/mol. The van der Waals surface area contributed by atoms with Gasteiger partial charge in [0.05, 0.1) is 6.42 Å². The first-order valence-electron chi connectivity index (χ1n) is 7.35. The highest BCUT2D eigenvalue weighted by Crippen LogP contribution is 2.07. The summed E-state index contributed by atoms with van der Waals surface area (Å²) in [6.45, 7) is 0.107. The third kappa shape index (κ3) is 5.90. The molecule has 0 atom stereocenters. The number of hydrogen-bond donors (Lipinski definition) is 1. The Labute approximate surface area is 134 Å². The Hall–Kier alpha value is -2.69. The lowest BCUT2D eigenvalue weighted by Gasteiger charge is -2.07. The predicted octanol–water partition coefficient (Wildman–Crippen LogP) is 2.27. The molecular weight excluding hydrogens is 297 g/mol. The molecule has 2 rings (SSSR count). The third-order valence-corrected chi connectivity index (χ3v) is 3.24. The number of nitrogens with one attached hydrogen (secondary N) is 1. The van der Waals surface area contributed by atoms with Crippen molar-refractivity contribution in [2.45, 2.75) is 12.8 Å². The first-order valence-corrected chi connectivity index (χ1v) is 7.35. The van der Waals surface area contributed by atoms with Crippen molar-refractivity contribution in [1.82, 2.24) is 5.32 Å². The lowest BCUT2D eigenvalue weighted by atomic mass is 10.1. The van der Waals surface area contributed by atoms with E-state index in [9.17, 15) is 14.0 Å². The van der Waals surface area contributed by atoms with Crippen LogP contribution in [-0.2, 0) is 27.2 Å². The van der Waals surface area contributed by atoms with Crippen LogP contribution in [0.3, 0.4) is 0 Å². The summed E-state index contributed by atoms with van der Waals surface area (Å²) in [5.74, 6) is -1.46. The number of rotatable bonds is 7. The van der Waals surface area contributed by atoms with Gasteiger partial charge in [0.1, 0.15) is 5.82 Å². The summed E-state index contributed by atoms with van der Waals surface area (Å²) in [6.07, 6.45) is 0.514. The smallest absolute Gasteiger partial charge is 0.310 e. The summed E-state index contributed by atoms with van der Waals surface area (Å²) in [4.78, 5) is 23.2. The highest BCUT2D eigenvalue weighted by molar-refractivity contribution is 5.81. The van der Waals surface area contributed by atoms with E-state index in [1.807, 2.05) is 30.3 Å². The van der Waals surface area contributed by atoms with E-state index in [0.717, 1.165) is 5.56 Å². The van der Waals surface area contributed by atoms with E-state index in [-0.39, 0.29) is 24.5 Å². The molecule has 23 heavy (non-hydrogen) atoms. The van der Waals surface area contributed by atoms with E-state index >= 15 is 0 Å². The van der Waals surface area contributed by atoms with E-state index in [4.69, 9.17) is 4.74 Å². The Bertz CT molecular complexity index is 658. The summed E-state index contributed by atoms with van der Waals surface area (Å²) < 4.78 is 18.2. The Morgan fingerprint density at radius 1 is 1.00 bits per heavy atom. The van der Waals surface area contributed by atoms with Gasteiger partial charge in [0.2, 0.25) is 0 Å². The van der Waals surface area contributed by atoms with Crippen molar-refractivity contribution >= 4 is 11.9 Å². The van der Waals surface area contributed by atoms with Crippen LogP contribution in [0, 0.1) is 5.82 Å². The zero-order valence-corrected chi connectivity index (χ0v) is 12.6. The molecule has 0 saturated heterocycles. The van der Waals surface area contributed by atoms with Gasteiger partial charge in [-0.1, -0.05) is 48.5 Å². The standard InChI is InChI=1S/C18H18FNO3/c19-16-9-5-4-8-15(16)12-18(22)23-13-17(21)20-11-10-14-6-2-1-3-7-14/h1-9H,10-13H2,(H,20,21). The average Bonchev–Trinajstić information content (AvgIpc) is 2.56. The number of esters is 1. The summed E-state index contributed by atoms with van der Waals surface area (Å²) in [5.41, 5.74) is 1.37. The molecule has 5 heteroatoms. The third-order valence-electron chi connectivity index (χ3n) is 3.24. The Morgan fingerprint density at radius 2 is 1.70 bits per heavy atom. The summed E-state index contributed by atoms with van der Waals surface area (Å²) in [5, 5.41) is 2.67. The molecule has 0 aliphatic rings. The Morgan fingerprint density at radius 3 is 2.43 bits per heavy atom. The van der Waals surface area contributed by atoms with Crippen molar-refractivity contribution < 1.29 is 18.7 Å². The molecule has 0 aliphatic heterocycles. The van der Waals surface area contributed by atoms with Crippen LogP contribution in [0.25, 0.3) is 0 Å². The van der Waals surface area contributed by atoms with Crippen molar-refractivity contribution in [2.24, 2.45) is 0 Å². The Kier molecular flexibility index (Phi) is 6.29. The van der Waals surface area contributed by atoms with Crippen LogP contribution in [0.5, 0.6) is 0 Å². The van der Waals surface area contributed by atoms with Gasteiger partial charge in [-0.15, -0.1) is 0 Å². The zero-order chi connectivity index (χ0) is 16.5. The van der Waals surface area contributed by atoms with Gasteiger partial charge in [0.15, 0.2) is 6.61 Å². The van der Waals surface area contributed by atoms with Crippen LogP contribution in [0.2, 0.25) is 0 Å². The zero-order valence-electron chi connectivity index (χ0n) is 12.6. The quantitative estimate of drug-likeness (QED) is 0.798. The molecule has 4 nitrogen and oxygen atoms in total. The van der Waals surface area contributed by atoms with E-state index in [1.165, 1.54) is 12.1 Å². The molecule has 0 spiro atoms. The van der Waals surface area contributed by atoms with Crippen molar-refractivity contribution in [2.75, 3.05) is 13.2 Å². The first-order chi connectivity index (χ1) is 11.1. The first kappa shape index (κ1) is 16.7. The van der Waals surface area contributed by atoms with Gasteiger partial charge >= 0.3 is 5.97 Å². The van der Waals surface area contributed by atoms with Crippen molar-refractivity contribution in [3.05, 3.63) is 71.5 Å². The van der Waals surface area contributed by atoms with Gasteiger partial charge in [0.25, 0.3) is 5.91 Å². The summed E-state index contributed by atoms with van der Waals surface area (Å²) in [6, 6.07) is 15.7. The van der Waals surface area contributed by atoms with Gasteiger partial charge in [-0.2, -0.15) is 0 Å². The molecule has 2 aromatic carbocycles. The van der Waals surface area contributed by atoms with Crippen molar-refractivity contribution in [1.29, 1.82) is 0 Å². The number of carbonyl (C=O) groups is 2. The largest absolute Gasteiger partial charge is 0.455 e. The minimum Gasteiger partial charge on any atom is -0.455 e. The lowest BCUT2D eigenvalue weighted by molar-refractivity contribution is -0.147. The fraction of sp³-hybridized carbons (Fsp3) is 0.222. The molecule has 2 aromatic rings. The van der Waals surface area contributed by atoms with Gasteiger partial charge in [-0.3, -0.25) is 9.59 Å². The molecule has 120 valence electrons.